The number of nitrogens with zero attached hydrogens (tertiary/aromatic N) is 2. The van der Waals surface area contributed by atoms with Crippen LogP contribution < -0.4 is 10.6 Å². The molecule has 160 valence electrons. The number of halogens is 1. The summed E-state index contributed by atoms with van der Waals surface area (Å²) in [6, 6.07) is 8.81. The first-order valence-electron chi connectivity index (χ1n) is 9.66. The van der Waals surface area contributed by atoms with Crippen LogP contribution in [0.3, 0.4) is 0 Å². The zero-order valence-electron chi connectivity index (χ0n) is 17.5. The molecular formula is C20H35IN4O2S. The van der Waals surface area contributed by atoms with Gasteiger partial charge in [0, 0.05) is 39.8 Å². The molecule has 1 fully saturated rings. The van der Waals surface area contributed by atoms with Gasteiger partial charge in [-0.1, -0.05) is 45.0 Å². The molecule has 1 aliphatic heterocycles. The minimum atomic E-state index is -2.81. The molecule has 1 aromatic rings. The van der Waals surface area contributed by atoms with E-state index in [4.69, 9.17) is 0 Å². The summed E-state index contributed by atoms with van der Waals surface area (Å²) in [5, 5.41) is 6.64. The van der Waals surface area contributed by atoms with E-state index in [1.54, 1.807) is 7.05 Å². The van der Waals surface area contributed by atoms with Crippen LogP contribution in [0.25, 0.3) is 0 Å². The number of guanidine groups is 1. The highest BCUT2D eigenvalue weighted by molar-refractivity contribution is 14.0. The van der Waals surface area contributed by atoms with Gasteiger partial charge in [0.15, 0.2) is 15.8 Å². The normalized spacial score (nSPS) is 17.6. The standard InChI is InChI=1S/C20H34N4O2S.HI/c1-20(2,3)18-7-5-17(6-8-18)9-10-22-19(21-4)23-11-12-24-13-15-27(25,26)16-14-24;/h5-8H,9-16H2,1-4H3,(H2,21,22,23);1H. The van der Waals surface area contributed by atoms with Crippen LogP contribution in [0.4, 0.5) is 0 Å². The summed E-state index contributed by atoms with van der Waals surface area (Å²) >= 11 is 0. The first-order chi connectivity index (χ1) is 12.7. The molecule has 2 rings (SSSR count). The quantitative estimate of drug-likeness (QED) is 0.340. The lowest BCUT2D eigenvalue weighted by Gasteiger charge is -2.26. The molecule has 0 unspecified atom stereocenters. The van der Waals surface area contributed by atoms with Crippen molar-refractivity contribution in [2.24, 2.45) is 4.99 Å². The summed E-state index contributed by atoms with van der Waals surface area (Å²) in [6.07, 6.45) is 0.940. The second-order valence-corrected chi connectivity index (χ2v) is 10.4. The summed E-state index contributed by atoms with van der Waals surface area (Å²) in [6.45, 7) is 10.3. The third-order valence-electron chi connectivity index (χ3n) is 4.91. The predicted molar refractivity (Wildman–Crippen MR) is 129 cm³/mol. The number of sulfone groups is 1. The van der Waals surface area contributed by atoms with Gasteiger partial charge in [0.25, 0.3) is 0 Å². The van der Waals surface area contributed by atoms with Crippen LogP contribution in [0.2, 0.25) is 0 Å². The summed E-state index contributed by atoms with van der Waals surface area (Å²) in [5.41, 5.74) is 2.84. The molecule has 0 aromatic heterocycles. The van der Waals surface area contributed by atoms with Crippen molar-refractivity contribution in [1.82, 2.24) is 15.5 Å². The van der Waals surface area contributed by atoms with Crippen molar-refractivity contribution in [3.8, 4) is 0 Å². The number of hydrogen-bond acceptors (Lipinski definition) is 4. The molecule has 0 bridgehead atoms. The molecule has 2 N–H and O–H groups in total. The molecule has 0 spiro atoms. The van der Waals surface area contributed by atoms with Gasteiger partial charge in [-0.2, -0.15) is 0 Å². The highest BCUT2D eigenvalue weighted by Crippen LogP contribution is 2.22. The van der Waals surface area contributed by atoms with Crippen molar-refractivity contribution in [3.05, 3.63) is 35.4 Å². The molecule has 8 heteroatoms. The Bertz CT molecular complexity index is 714. The van der Waals surface area contributed by atoms with Crippen LogP contribution in [0, 0.1) is 0 Å². The highest BCUT2D eigenvalue weighted by atomic mass is 127. The van der Waals surface area contributed by atoms with Gasteiger partial charge < -0.3 is 10.6 Å². The summed E-state index contributed by atoms with van der Waals surface area (Å²) < 4.78 is 22.9. The molecule has 6 nitrogen and oxygen atoms in total. The van der Waals surface area contributed by atoms with Crippen LogP contribution >= 0.6 is 24.0 Å². The maximum atomic E-state index is 11.5. The number of hydrogen-bond donors (Lipinski definition) is 2. The first kappa shape index (κ1) is 25.2. The average Bonchev–Trinajstić information content (AvgIpc) is 2.61. The van der Waals surface area contributed by atoms with Crippen LogP contribution in [-0.2, 0) is 21.7 Å². The second-order valence-electron chi connectivity index (χ2n) is 8.12. The SMILES string of the molecule is CN=C(NCCc1ccc(C(C)(C)C)cc1)NCCN1CCS(=O)(=O)CC1.I. The molecule has 0 saturated carbocycles. The Kier molecular flexibility index (Phi) is 10.2. The van der Waals surface area contributed by atoms with Crippen LogP contribution in [0.1, 0.15) is 31.9 Å². The maximum absolute atomic E-state index is 11.5. The van der Waals surface area contributed by atoms with Crippen LogP contribution in [0.5, 0.6) is 0 Å². The van der Waals surface area contributed by atoms with E-state index in [0.29, 0.717) is 13.1 Å². The van der Waals surface area contributed by atoms with E-state index in [1.165, 1.54) is 11.1 Å². The van der Waals surface area contributed by atoms with E-state index in [0.717, 1.165) is 32.0 Å². The van der Waals surface area contributed by atoms with Crippen molar-refractivity contribution >= 4 is 39.8 Å². The van der Waals surface area contributed by atoms with E-state index in [-0.39, 0.29) is 40.9 Å². The lowest BCUT2D eigenvalue weighted by molar-refractivity contribution is 0.299. The summed E-state index contributed by atoms with van der Waals surface area (Å²) in [5.74, 6) is 1.33. The molecule has 0 amide bonds. The monoisotopic (exact) mass is 522 g/mol. The molecule has 0 aliphatic carbocycles. The van der Waals surface area contributed by atoms with Crippen LogP contribution in [0.15, 0.2) is 29.3 Å². The Balaban J connectivity index is 0.00000392. The van der Waals surface area contributed by atoms with Gasteiger partial charge in [0.05, 0.1) is 11.5 Å². The fourth-order valence-electron chi connectivity index (χ4n) is 3.02. The Labute approximate surface area is 187 Å². The van der Waals surface area contributed by atoms with Gasteiger partial charge in [-0.3, -0.25) is 9.89 Å². The zero-order chi connectivity index (χ0) is 19.9. The zero-order valence-corrected chi connectivity index (χ0v) is 20.6. The molecule has 1 aliphatic rings. The third-order valence-corrected chi connectivity index (χ3v) is 6.52. The third kappa shape index (κ3) is 8.65. The van der Waals surface area contributed by atoms with Gasteiger partial charge in [-0.15, -0.1) is 24.0 Å². The van der Waals surface area contributed by atoms with Crippen molar-refractivity contribution in [2.45, 2.75) is 32.6 Å². The van der Waals surface area contributed by atoms with E-state index in [2.05, 4.69) is 65.6 Å². The van der Waals surface area contributed by atoms with Gasteiger partial charge in [-0.25, -0.2) is 8.42 Å². The molecule has 1 aromatic carbocycles. The minimum absolute atomic E-state index is 0. The number of nitrogens with one attached hydrogen (secondary N) is 2. The second kappa shape index (κ2) is 11.3. The number of benzene rings is 1. The van der Waals surface area contributed by atoms with Gasteiger partial charge in [0.1, 0.15) is 0 Å². The Hall–Kier alpha value is -0.870. The minimum Gasteiger partial charge on any atom is -0.356 e. The Morgan fingerprint density at radius 1 is 1.07 bits per heavy atom. The van der Waals surface area contributed by atoms with E-state index >= 15 is 0 Å². The smallest absolute Gasteiger partial charge is 0.191 e. The summed E-state index contributed by atoms with van der Waals surface area (Å²) in [7, 11) is -1.04. The Morgan fingerprint density at radius 3 is 2.18 bits per heavy atom. The lowest BCUT2D eigenvalue weighted by atomic mass is 9.86. The molecular weight excluding hydrogens is 487 g/mol. The average molecular weight is 522 g/mol. The van der Waals surface area contributed by atoms with Crippen molar-refractivity contribution in [2.75, 3.05) is 51.3 Å². The molecule has 0 atom stereocenters. The largest absolute Gasteiger partial charge is 0.356 e. The summed E-state index contributed by atoms with van der Waals surface area (Å²) in [4.78, 5) is 6.43. The van der Waals surface area contributed by atoms with Gasteiger partial charge >= 0.3 is 0 Å². The Morgan fingerprint density at radius 2 is 1.64 bits per heavy atom. The first-order valence-corrected chi connectivity index (χ1v) is 11.5. The lowest BCUT2D eigenvalue weighted by Crippen LogP contribution is -2.46. The number of rotatable bonds is 6. The van der Waals surface area contributed by atoms with Crippen molar-refractivity contribution < 1.29 is 8.42 Å². The van der Waals surface area contributed by atoms with Crippen molar-refractivity contribution in [3.63, 3.8) is 0 Å². The van der Waals surface area contributed by atoms with E-state index < -0.39 is 9.84 Å². The van der Waals surface area contributed by atoms with Crippen molar-refractivity contribution in [1.29, 1.82) is 0 Å². The van der Waals surface area contributed by atoms with Crippen LogP contribution in [-0.4, -0.2) is 70.6 Å². The van der Waals surface area contributed by atoms with Gasteiger partial charge in [-0.05, 0) is 23.0 Å². The predicted octanol–water partition coefficient (Wildman–Crippen LogP) is 2.04. The highest BCUT2D eigenvalue weighted by Gasteiger charge is 2.20. The number of aliphatic imine (C=N–C) groups is 1. The molecule has 28 heavy (non-hydrogen) atoms. The molecule has 1 saturated heterocycles. The maximum Gasteiger partial charge on any atom is 0.191 e. The fourth-order valence-corrected chi connectivity index (χ4v) is 4.30. The molecule has 1 heterocycles. The molecule has 0 radical (unpaired) electrons. The topological polar surface area (TPSA) is 73.8 Å². The van der Waals surface area contributed by atoms with E-state index in [1.807, 2.05) is 0 Å². The van der Waals surface area contributed by atoms with E-state index in [9.17, 15) is 8.42 Å². The van der Waals surface area contributed by atoms with Gasteiger partial charge in [0.2, 0.25) is 0 Å². The fraction of sp³-hybridized carbons (Fsp3) is 0.650.